The summed E-state index contributed by atoms with van der Waals surface area (Å²) >= 11 is 2.88. The summed E-state index contributed by atoms with van der Waals surface area (Å²) in [5, 5.41) is 13.3. The largest absolute Gasteiger partial charge is 0.476 e. The van der Waals surface area contributed by atoms with Crippen LogP contribution in [0.15, 0.2) is 5.38 Å². The van der Waals surface area contributed by atoms with Crippen molar-refractivity contribution in [3.05, 3.63) is 16.1 Å². The molecule has 0 atom stereocenters. The zero-order valence-corrected chi connectivity index (χ0v) is 13.0. The van der Waals surface area contributed by atoms with E-state index in [1.54, 1.807) is 0 Å². The quantitative estimate of drug-likeness (QED) is 0.873. The fourth-order valence-electron chi connectivity index (χ4n) is 2.44. The molecule has 0 spiro atoms. The Morgan fingerprint density at radius 3 is 2.70 bits per heavy atom. The fourth-order valence-corrected chi connectivity index (χ4v) is 4.06. The van der Waals surface area contributed by atoms with Crippen LogP contribution in [-0.4, -0.2) is 39.5 Å². The van der Waals surface area contributed by atoms with Crippen molar-refractivity contribution in [1.82, 2.24) is 10.3 Å². The molecule has 0 bridgehead atoms. The van der Waals surface area contributed by atoms with Crippen LogP contribution in [-0.2, 0) is 0 Å². The molecule has 1 aliphatic carbocycles. The van der Waals surface area contributed by atoms with Crippen molar-refractivity contribution in [3.8, 4) is 0 Å². The van der Waals surface area contributed by atoms with Gasteiger partial charge in [-0.3, -0.25) is 4.79 Å². The molecule has 0 saturated heterocycles. The first-order chi connectivity index (χ1) is 9.56. The van der Waals surface area contributed by atoms with Gasteiger partial charge < -0.3 is 10.4 Å². The lowest BCUT2D eigenvalue weighted by molar-refractivity contribution is 0.0691. The predicted octanol–water partition coefficient (Wildman–Crippen LogP) is 2.64. The zero-order chi connectivity index (χ0) is 14.6. The van der Waals surface area contributed by atoms with E-state index in [0.717, 1.165) is 24.2 Å². The SMILES string of the molecule is CSC1(CNC(=O)c2nc(C(=O)O)cs2)CCCCC1. The van der Waals surface area contributed by atoms with Gasteiger partial charge in [-0.15, -0.1) is 11.3 Å². The van der Waals surface area contributed by atoms with Crippen molar-refractivity contribution in [3.63, 3.8) is 0 Å². The van der Waals surface area contributed by atoms with Crippen LogP contribution in [0.5, 0.6) is 0 Å². The number of nitrogens with one attached hydrogen (secondary N) is 1. The van der Waals surface area contributed by atoms with Gasteiger partial charge in [0.05, 0.1) is 0 Å². The van der Waals surface area contributed by atoms with Crippen molar-refractivity contribution in [2.24, 2.45) is 0 Å². The highest BCUT2D eigenvalue weighted by atomic mass is 32.2. The highest BCUT2D eigenvalue weighted by Crippen LogP contribution is 2.37. The van der Waals surface area contributed by atoms with E-state index >= 15 is 0 Å². The molecule has 5 nitrogen and oxygen atoms in total. The zero-order valence-electron chi connectivity index (χ0n) is 11.3. The fraction of sp³-hybridized carbons (Fsp3) is 0.615. The number of rotatable bonds is 5. The summed E-state index contributed by atoms with van der Waals surface area (Å²) in [6, 6.07) is 0. The number of hydrogen-bond acceptors (Lipinski definition) is 5. The first kappa shape index (κ1) is 15.3. The Hall–Kier alpha value is -1.08. The van der Waals surface area contributed by atoms with Crippen molar-refractivity contribution in [1.29, 1.82) is 0 Å². The summed E-state index contributed by atoms with van der Waals surface area (Å²) in [7, 11) is 0. The van der Waals surface area contributed by atoms with Gasteiger partial charge in [-0.05, 0) is 19.1 Å². The molecule has 1 aliphatic rings. The van der Waals surface area contributed by atoms with E-state index in [-0.39, 0.29) is 21.4 Å². The number of carboxylic acid groups (broad SMARTS) is 1. The minimum Gasteiger partial charge on any atom is -0.476 e. The molecule has 1 aromatic heterocycles. The van der Waals surface area contributed by atoms with Crippen LogP contribution in [0.4, 0.5) is 0 Å². The maximum atomic E-state index is 12.0. The maximum Gasteiger partial charge on any atom is 0.355 e. The summed E-state index contributed by atoms with van der Waals surface area (Å²) in [5.74, 6) is -1.38. The molecule has 1 amide bonds. The van der Waals surface area contributed by atoms with Crippen LogP contribution in [0.3, 0.4) is 0 Å². The molecule has 2 rings (SSSR count). The second kappa shape index (κ2) is 6.58. The third-order valence-electron chi connectivity index (χ3n) is 3.69. The smallest absolute Gasteiger partial charge is 0.355 e. The minimum atomic E-state index is -1.10. The lowest BCUT2D eigenvalue weighted by Gasteiger charge is -2.35. The van der Waals surface area contributed by atoms with Crippen LogP contribution in [0, 0.1) is 0 Å². The number of nitrogens with zero attached hydrogens (tertiary/aromatic N) is 1. The van der Waals surface area contributed by atoms with Gasteiger partial charge >= 0.3 is 5.97 Å². The summed E-state index contributed by atoms with van der Waals surface area (Å²) in [5.41, 5.74) is -0.0719. The first-order valence-electron chi connectivity index (χ1n) is 6.58. The molecule has 7 heteroatoms. The highest BCUT2D eigenvalue weighted by molar-refractivity contribution is 8.00. The topological polar surface area (TPSA) is 79.3 Å². The van der Waals surface area contributed by atoms with Crippen molar-refractivity contribution >= 4 is 35.0 Å². The predicted molar refractivity (Wildman–Crippen MR) is 80.7 cm³/mol. The van der Waals surface area contributed by atoms with Crippen LogP contribution in [0.2, 0.25) is 0 Å². The molecule has 0 aromatic carbocycles. The molecule has 20 heavy (non-hydrogen) atoms. The van der Waals surface area contributed by atoms with E-state index in [2.05, 4.69) is 16.6 Å². The molecule has 1 aromatic rings. The lowest BCUT2D eigenvalue weighted by Crippen LogP contribution is -2.41. The number of thiazole rings is 1. The number of hydrogen-bond donors (Lipinski definition) is 2. The van der Waals surface area contributed by atoms with E-state index in [4.69, 9.17) is 5.11 Å². The van der Waals surface area contributed by atoms with Crippen LogP contribution in [0.25, 0.3) is 0 Å². The number of aromatic nitrogens is 1. The Morgan fingerprint density at radius 1 is 1.45 bits per heavy atom. The second-order valence-corrected chi connectivity index (χ2v) is 7.11. The van der Waals surface area contributed by atoms with E-state index < -0.39 is 5.97 Å². The van der Waals surface area contributed by atoms with E-state index in [9.17, 15) is 9.59 Å². The van der Waals surface area contributed by atoms with Gasteiger partial charge in [0.25, 0.3) is 5.91 Å². The van der Waals surface area contributed by atoms with Gasteiger partial charge in [-0.2, -0.15) is 11.8 Å². The normalized spacial score (nSPS) is 17.6. The standard InChI is InChI=1S/C13H18N2O3S2/c1-19-13(5-3-2-4-6-13)8-14-10(16)11-15-9(7-20-11)12(17)18/h7H,2-6,8H2,1H3,(H,14,16)(H,17,18). The van der Waals surface area contributed by atoms with Gasteiger partial charge in [-0.1, -0.05) is 19.3 Å². The third-order valence-corrected chi connectivity index (χ3v) is 5.95. The summed E-state index contributed by atoms with van der Waals surface area (Å²) in [4.78, 5) is 26.6. The Kier molecular flexibility index (Phi) is 5.04. The van der Waals surface area contributed by atoms with Gasteiger partial charge in [0.15, 0.2) is 10.7 Å². The Labute approximate surface area is 126 Å². The van der Waals surface area contributed by atoms with Crippen molar-refractivity contribution in [2.45, 2.75) is 36.9 Å². The molecule has 0 radical (unpaired) electrons. The molecular formula is C13H18N2O3S2. The minimum absolute atomic E-state index is 0.0719. The van der Waals surface area contributed by atoms with E-state index in [0.29, 0.717) is 6.54 Å². The molecule has 1 saturated carbocycles. The summed E-state index contributed by atoms with van der Waals surface area (Å²) < 4.78 is 0.126. The molecular weight excluding hydrogens is 296 g/mol. The maximum absolute atomic E-state index is 12.0. The molecule has 0 unspecified atom stereocenters. The van der Waals surface area contributed by atoms with E-state index in [1.807, 2.05) is 11.8 Å². The molecule has 1 heterocycles. The number of carbonyl (C=O) groups excluding carboxylic acids is 1. The summed E-state index contributed by atoms with van der Waals surface area (Å²) in [6.07, 6.45) is 8.00. The number of aromatic carboxylic acids is 1. The van der Waals surface area contributed by atoms with Gasteiger partial charge in [0.1, 0.15) is 0 Å². The van der Waals surface area contributed by atoms with Gasteiger partial charge in [-0.25, -0.2) is 9.78 Å². The monoisotopic (exact) mass is 314 g/mol. The third kappa shape index (κ3) is 3.52. The van der Waals surface area contributed by atoms with Crippen molar-refractivity contribution in [2.75, 3.05) is 12.8 Å². The van der Waals surface area contributed by atoms with Gasteiger partial charge in [0.2, 0.25) is 0 Å². The number of carbonyl (C=O) groups is 2. The summed E-state index contributed by atoms with van der Waals surface area (Å²) in [6.45, 7) is 0.620. The first-order valence-corrected chi connectivity index (χ1v) is 8.69. The molecule has 1 fully saturated rings. The Bertz CT molecular complexity index is 496. The molecule has 0 aliphatic heterocycles. The molecule has 2 N–H and O–H groups in total. The van der Waals surface area contributed by atoms with Gasteiger partial charge in [0, 0.05) is 16.7 Å². The Balaban J connectivity index is 1.95. The van der Waals surface area contributed by atoms with Crippen LogP contribution in [0.1, 0.15) is 52.4 Å². The molecule has 110 valence electrons. The average molecular weight is 314 g/mol. The Morgan fingerprint density at radius 2 is 2.15 bits per heavy atom. The van der Waals surface area contributed by atoms with Crippen LogP contribution >= 0.6 is 23.1 Å². The van der Waals surface area contributed by atoms with E-state index in [1.165, 1.54) is 24.6 Å². The second-order valence-electron chi connectivity index (χ2n) is 4.97. The average Bonchev–Trinajstić information content (AvgIpc) is 2.96. The number of carboxylic acids is 1. The lowest BCUT2D eigenvalue weighted by atomic mass is 9.88. The number of amides is 1. The number of thioether (sulfide) groups is 1. The van der Waals surface area contributed by atoms with Crippen LogP contribution < -0.4 is 5.32 Å². The highest BCUT2D eigenvalue weighted by Gasteiger charge is 2.31. The van der Waals surface area contributed by atoms with Crippen molar-refractivity contribution < 1.29 is 14.7 Å².